The molecule has 0 N–H and O–H groups in total. The van der Waals surface area contributed by atoms with E-state index >= 15 is 0 Å². The lowest BCUT2D eigenvalue weighted by Gasteiger charge is -2.22. The second-order valence-corrected chi connectivity index (χ2v) is 2.28. The van der Waals surface area contributed by atoms with E-state index in [1.165, 1.54) is 14.2 Å². The minimum atomic E-state index is -0.769. The van der Waals surface area contributed by atoms with Crippen LogP contribution in [-0.4, -0.2) is 25.8 Å². The molecule has 0 bridgehead atoms. The Balaban J connectivity index is 4.17. The molecule has 0 aliphatic rings. The molecule has 60 valence electrons. The van der Waals surface area contributed by atoms with Gasteiger partial charge in [0.15, 0.2) is 5.60 Å². The van der Waals surface area contributed by atoms with Crippen LogP contribution in [0.2, 0.25) is 0 Å². The van der Waals surface area contributed by atoms with Crippen molar-refractivity contribution in [2.24, 2.45) is 0 Å². The Morgan fingerprint density at radius 1 is 1.50 bits per heavy atom. The smallest absolute Gasteiger partial charge is 0.337 e. The number of carbonyl (C=O) groups excluding carboxylic acids is 1. The van der Waals surface area contributed by atoms with Gasteiger partial charge in [-0.3, -0.25) is 0 Å². The fourth-order valence-corrected chi connectivity index (χ4v) is 0.588. The number of hydrogen-bond acceptors (Lipinski definition) is 3. The van der Waals surface area contributed by atoms with Crippen molar-refractivity contribution in [2.75, 3.05) is 14.2 Å². The van der Waals surface area contributed by atoms with Gasteiger partial charge in [0.05, 0.1) is 7.11 Å². The molecule has 0 aromatic heterocycles. The summed E-state index contributed by atoms with van der Waals surface area (Å²) in [6.45, 7) is 3.58. The second-order valence-electron chi connectivity index (χ2n) is 2.28. The molecule has 0 aliphatic carbocycles. The van der Waals surface area contributed by atoms with Crippen LogP contribution in [0.5, 0.6) is 0 Å². The summed E-state index contributed by atoms with van der Waals surface area (Å²) in [5.41, 5.74) is -0.769. The monoisotopic (exact) mass is 146 g/mol. The number of rotatable bonds is 3. The van der Waals surface area contributed by atoms with Crippen LogP contribution in [0.1, 0.15) is 20.3 Å². The maximum Gasteiger partial charge on any atom is 0.337 e. The molecule has 10 heavy (non-hydrogen) atoms. The van der Waals surface area contributed by atoms with Gasteiger partial charge in [-0.2, -0.15) is 0 Å². The Bertz CT molecular complexity index is 116. The molecule has 0 saturated carbocycles. The van der Waals surface area contributed by atoms with Gasteiger partial charge in [0.1, 0.15) is 0 Å². The highest BCUT2D eigenvalue weighted by Crippen LogP contribution is 2.14. The number of carbonyl (C=O) groups is 1. The fraction of sp³-hybridized carbons (Fsp3) is 0.857. The lowest BCUT2D eigenvalue weighted by molar-refractivity contribution is -0.164. The summed E-state index contributed by atoms with van der Waals surface area (Å²) < 4.78 is 9.50. The first-order valence-corrected chi connectivity index (χ1v) is 3.24. The molecule has 0 amide bonds. The Morgan fingerprint density at radius 3 is 2.10 bits per heavy atom. The van der Waals surface area contributed by atoms with E-state index in [1.54, 1.807) is 6.92 Å². The number of methoxy groups -OCH3 is 2. The number of esters is 1. The van der Waals surface area contributed by atoms with Crippen molar-refractivity contribution in [1.82, 2.24) is 0 Å². The van der Waals surface area contributed by atoms with E-state index in [2.05, 4.69) is 4.74 Å². The molecule has 0 radical (unpaired) electrons. The highest BCUT2D eigenvalue weighted by molar-refractivity contribution is 5.78. The Labute approximate surface area is 61.3 Å². The Kier molecular flexibility index (Phi) is 3.36. The van der Waals surface area contributed by atoms with Gasteiger partial charge in [-0.1, -0.05) is 6.92 Å². The summed E-state index contributed by atoms with van der Waals surface area (Å²) in [6, 6.07) is 0. The predicted octanol–water partition coefficient (Wildman–Crippen LogP) is 0.975. The summed E-state index contributed by atoms with van der Waals surface area (Å²) in [4.78, 5) is 10.9. The lowest BCUT2D eigenvalue weighted by atomic mass is 10.0. The first-order valence-electron chi connectivity index (χ1n) is 3.24. The quantitative estimate of drug-likeness (QED) is 0.557. The van der Waals surface area contributed by atoms with Gasteiger partial charge in [0.25, 0.3) is 0 Å². The molecule has 0 aliphatic heterocycles. The van der Waals surface area contributed by atoms with E-state index in [9.17, 15) is 4.79 Å². The average Bonchev–Trinajstić information content (AvgIpc) is 2.01. The minimum absolute atomic E-state index is 0.322. The second kappa shape index (κ2) is 3.56. The molecule has 0 aromatic rings. The van der Waals surface area contributed by atoms with Gasteiger partial charge in [-0.25, -0.2) is 4.79 Å². The van der Waals surface area contributed by atoms with Crippen molar-refractivity contribution in [3.63, 3.8) is 0 Å². The van der Waals surface area contributed by atoms with Crippen LogP contribution in [0.25, 0.3) is 0 Å². The first kappa shape index (κ1) is 9.43. The van der Waals surface area contributed by atoms with Crippen LogP contribution in [0, 0.1) is 0 Å². The standard InChI is InChI=1S/C7H14O3/c1-5-7(2,10-4)6(8)9-3/h5H2,1-4H3/t7-/m0/s1. The highest BCUT2D eigenvalue weighted by atomic mass is 16.6. The molecule has 0 heterocycles. The Hall–Kier alpha value is -0.570. The maximum absolute atomic E-state index is 10.9. The largest absolute Gasteiger partial charge is 0.467 e. The molecule has 0 rings (SSSR count). The van der Waals surface area contributed by atoms with E-state index in [0.29, 0.717) is 6.42 Å². The zero-order valence-corrected chi connectivity index (χ0v) is 6.93. The zero-order valence-electron chi connectivity index (χ0n) is 6.93. The van der Waals surface area contributed by atoms with Crippen molar-refractivity contribution in [1.29, 1.82) is 0 Å². The van der Waals surface area contributed by atoms with Crippen molar-refractivity contribution >= 4 is 5.97 Å². The molecule has 3 nitrogen and oxygen atoms in total. The third-order valence-corrected chi connectivity index (χ3v) is 1.74. The summed E-state index contributed by atoms with van der Waals surface area (Å²) in [5.74, 6) is -0.322. The molecule has 1 atom stereocenters. The molecule has 0 saturated heterocycles. The van der Waals surface area contributed by atoms with Crippen LogP contribution in [-0.2, 0) is 14.3 Å². The van der Waals surface area contributed by atoms with Crippen LogP contribution in [0.15, 0.2) is 0 Å². The molecule has 3 heteroatoms. The highest BCUT2D eigenvalue weighted by Gasteiger charge is 2.31. The van der Waals surface area contributed by atoms with Crippen LogP contribution in [0.3, 0.4) is 0 Å². The zero-order chi connectivity index (χ0) is 8.20. The minimum Gasteiger partial charge on any atom is -0.467 e. The van der Waals surface area contributed by atoms with Gasteiger partial charge >= 0.3 is 5.97 Å². The normalized spacial score (nSPS) is 16.0. The predicted molar refractivity (Wildman–Crippen MR) is 37.7 cm³/mol. The third kappa shape index (κ3) is 1.70. The molecule has 0 unspecified atom stereocenters. The van der Waals surface area contributed by atoms with E-state index in [-0.39, 0.29) is 5.97 Å². The van der Waals surface area contributed by atoms with Crippen molar-refractivity contribution < 1.29 is 14.3 Å². The topological polar surface area (TPSA) is 35.5 Å². The molecule has 0 aromatic carbocycles. The van der Waals surface area contributed by atoms with Gasteiger partial charge in [-0.15, -0.1) is 0 Å². The van der Waals surface area contributed by atoms with Gasteiger partial charge in [0, 0.05) is 7.11 Å². The molecule has 0 spiro atoms. The van der Waals surface area contributed by atoms with E-state index in [4.69, 9.17) is 4.74 Å². The van der Waals surface area contributed by atoms with Crippen molar-refractivity contribution in [3.8, 4) is 0 Å². The van der Waals surface area contributed by atoms with Crippen LogP contribution >= 0.6 is 0 Å². The number of ether oxygens (including phenoxy) is 2. The molecular formula is C7H14O3. The summed E-state index contributed by atoms with van der Waals surface area (Å²) >= 11 is 0. The summed E-state index contributed by atoms with van der Waals surface area (Å²) in [7, 11) is 2.86. The van der Waals surface area contributed by atoms with Gasteiger partial charge in [0.2, 0.25) is 0 Å². The summed E-state index contributed by atoms with van der Waals surface area (Å²) in [5, 5.41) is 0. The maximum atomic E-state index is 10.9. The number of hydrogen-bond donors (Lipinski definition) is 0. The Morgan fingerprint density at radius 2 is 2.00 bits per heavy atom. The van der Waals surface area contributed by atoms with Gasteiger partial charge < -0.3 is 9.47 Å². The van der Waals surface area contributed by atoms with Crippen molar-refractivity contribution in [2.45, 2.75) is 25.9 Å². The first-order chi connectivity index (χ1) is 4.60. The average molecular weight is 146 g/mol. The van der Waals surface area contributed by atoms with E-state index in [1.807, 2.05) is 6.92 Å². The van der Waals surface area contributed by atoms with E-state index in [0.717, 1.165) is 0 Å². The van der Waals surface area contributed by atoms with Crippen LogP contribution < -0.4 is 0 Å². The third-order valence-electron chi connectivity index (χ3n) is 1.74. The SMILES string of the molecule is CC[C@](C)(OC)C(=O)OC. The van der Waals surface area contributed by atoms with E-state index < -0.39 is 5.60 Å². The molecular weight excluding hydrogens is 132 g/mol. The van der Waals surface area contributed by atoms with Gasteiger partial charge in [-0.05, 0) is 13.3 Å². The molecule has 0 fully saturated rings. The fourth-order valence-electron chi connectivity index (χ4n) is 0.588. The van der Waals surface area contributed by atoms with Crippen LogP contribution in [0.4, 0.5) is 0 Å². The lowest BCUT2D eigenvalue weighted by Crippen LogP contribution is -2.37. The summed E-state index contributed by atoms with van der Waals surface area (Å²) in [6.07, 6.45) is 0.621. The van der Waals surface area contributed by atoms with Crippen molar-refractivity contribution in [3.05, 3.63) is 0 Å².